The van der Waals surface area contributed by atoms with Crippen molar-refractivity contribution < 1.29 is 19.1 Å². The van der Waals surface area contributed by atoms with Crippen molar-refractivity contribution in [2.24, 2.45) is 5.10 Å². The van der Waals surface area contributed by atoms with E-state index in [4.69, 9.17) is 15.2 Å². The largest absolute Gasteiger partial charge is 0.486 e. The van der Waals surface area contributed by atoms with Crippen LogP contribution >= 0.6 is 0 Å². The summed E-state index contributed by atoms with van der Waals surface area (Å²) in [4.78, 5) is 24.2. The summed E-state index contributed by atoms with van der Waals surface area (Å²) in [6.07, 6.45) is 0.0268. The number of benzene rings is 2. The Balaban J connectivity index is 1.55. The summed E-state index contributed by atoms with van der Waals surface area (Å²) in [5, 5.41) is 6.71. The zero-order valence-corrected chi connectivity index (χ0v) is 14.8. The number of nitrogen functional groups attached to an aromatic ring is 1. The predicted molar refractivity (Wildman–Crippen MR) is 102 cm³/mol. The van der Waals surface area contributed by atoms with Gasteiger partial charge in [-0.15, -0.1) is 0 Å². The van der Waals surface area contributed by atoms with Gasteiger partial charge in [0.15, 0.2) is 11.5 Å². The third kappa shape index (κ3) is 4.75. The number of amides is 2. The smallest absolute Gasteiger partial charge is 0.273 e. The van der Waals surface area contributed by atoms with Crippen LogP contribution in [0.25, 0.3) is 0 Å². The fourth-order valence-corrected chi connectivity index (χ4v) is 2.51. The first-order valence-electron chi connectivity index (χ1n) is 8.40. The molecule has 1 aliphatic rings. The SMILES string of the molecule is CC(CC(=O)Nc1ccc2c(c1)OCCO2)=NNC(=O)c1ccccc1N. The summed E-state index contributed by atoms with van der Waals surface area (Å²) in [5.41, 5.74) is 9.89. The molecule has 0 unspecified atom stereocenters. The third-order valence-electron chi connectivity index (χ3n) is 3.80. The molecule has 0 atom stereocenters. The number of carbonyl (C=O) groups is 2. The molecule has 0 fully saturated rings. The predicted octanol–water partition coefficient (Wildman–Crippen LogP) is 2.17. The maximum absolute atomic E-state index is 12.2. The molecule has 4 N–H and O–H groups in total. The van der Waals surface area contributed by atoms with Gasteiger partial charge in [0.2, 0.25) is 5.91 Å². The van der Waals surface area contributed by atoms with Crippen molar-refractivity contribution in [3.63, 3.8) is 0 Å². The lowest BCUT2D eigenvalue weighted by Crippen LogP contribution is -2.22. The molecule has 0 aliphatic carbocycles. The number of hydrogen-bond donors (Lipinski definition) is 3. The summed E-state index contributed by atoms with van der Waals surface area (Å²) in [6, 6.07) is 11.9. The molecule has 8 heteroatoms. The van der Waals surface area contributed by atoms with E-state index in [2.05, 4.69) is 15.8 Å². The number of hydrogen-bond acceptors (Lipinski definition) is 6. The highest BCUT2D eigenvalue weighted by molar-refractivity contribution is 6.06. The Hall–Kier alpha value is -3.55. The number of carbonyl (C=O) groups excluding carboxylic acids is 2. The van der Waals surface area contributed by atoms with Crippen LogP contribution in [0.4, 0.5) is 11.4 Å². The van der Waals surface area contributed by atoms with E-state index in [0.29, 0.717) is 47.4 Å². The maximum atomic E-state index is 12.2. The number of para-hydroxylation sites is 1. The molecule has 27 heavy (non-hydrogen) atoms. The van der Waals surface area contributed by atoms with Gasteiger partial charge in [-0.3, -0.25) is 9.59 Å². The molecule has 0 saturated heterocycles. The van der Waals surface area contributed by atoms with Crippen LogP contribution in [0.3, 0.4) is 0 Å². The Bertz CT molecular complexity index is 895. The summed E-state index contributed by atoms with van der Waals surface area (Å²) in [6.45, 7) is 2.63. The highest BCUT2D eigenvalue weighted by Gasteiger charge is 2.13. The van der Waals surface area contributed by atoms with Gasteiger partial charge in [0.05, 0.1) is 12.0 Å². The quantitative estimate of drug-likeness (QED) is 0.425. The van der Waals surface area contributed by atoms with E-state index in [9.17, 15) is 9.59 Å². The van der Waals surface area contributed by atoms with Crippen molar-refractivity contribution >= 4 is 28.9 Å². The van der Waals surface area contributed by atoms with E-state index in [0.717, 1.165) is 0 Å². The maximum Gasteiger partial charge on any atom is 0.273 e. The normalized spacial score (nSPS) is 13.0. The zero-order valence-electron chi connectivity index (χ0n) is 14.8. The Morgan fingerprint density at radius 1 is 1.11 bits per heavy atom. The molecule has 2 amide bonds. The van der Waals surface area contributed by atoms with Gasteiger partial charge >= 0.3 is 0 Å². The van der Waals surface area contributed by atoms with Gasteiger partial charge in [-0.1, -0.05) is 12.1 Å². The van der Waals surface area contributed by atoms with E-state index in [-0.39, 0.29) is 12.3 Å². The zero-order chi connectivity index (χ0) is 19.2. The first-order valence-corrected chi connectivity index (χ1v) is 8.40. The molecule has 0 bridgehead atoms. The van der Waals surface area contributed by atoms with Crippen LogP contribution in [0.15, 0.2) is 47.6 Å². The lowest BCUT2D eigenvalue weighted by Gasteiger charge is -2.19. The van der Waals surface area contributed by atoms with Crippen molar-refractivity contribution in [3.8, 4) is 11.5 Å². The van der Waals surface area contributed by atoms with Gasteiger partial charge in [0.1, 0.15) is 13.2 Å². The number of anilines is 2. The van der Waals surface area contributed by atoms with Gasteiger partial charge in [0.25, 0.3) is 5.91 Å². The van der Waals surface area contributed by atoms with E-state index in [1.165, 1.54) is 0 Å². The molecule has 3 rings (SSSR count). The number of hydrazone groups is 1. The number of fused-ring (bicyclic) bond motifs is 1. The van der Waals surface area contributed by atoms with Crippen molar-refractivity contribution in [1.29, 1.82) is 0 Å². The number of nitrogens with two attached hydrogens (primary N) is 1. The molecule has 1 heterocycles. The minimum Gasteiger partial charge on any atom is -0.486 e. The van der Waals surface area contributed by atoms with E-state index < -0.39 is 5.91 Å². The van der Waals surface area contributed by atoms with E-state index >= 15 is 0 Å². The fraction of sp³-hybridized carbons (Fsp3) is 0.211. The summed E-state index contributed by atoms with van der Waals surface area (Å²) in [7, 11) is 0. The van der Waals surface area contributed by atoms with Crippen LogP contribution in [0, 0.1) is 0 Å². The number of nitrogens with one attached hydrogen (secondary N) is 2. The van der Waals surface area contributed by atoms with Crippen molar-refractivity contribution in [2.45, 2.75) is 13.3 Å². The van der Waals surface area contributed by atoms with E-state index in [1.54, 1.807) is 49.4 Å². The van der Waals surface area contributed by atoms with Crippen LogP contribution in [0.2, 0.25) is 0 Å². The van der Waals surface area contributed by atoms with Crippen LogP contribution < -0.4 is 25.9 Å². The summed E-state index contributed by atoms with van der Waals surface area (Å²) < 4.78 is 10.9. The van der Waals surface area contributed by atoms with Crippen LogP contribution in [0.1, 0.15) is 23.7 Å². The molecule has 140 valence electrons. The van der Waals surface area contributed by atoms with Crippen LogP contribution in [-0.4, -0.2) is 30.7 Å². The van der Waals surface area contributed by atoms with Gasteiger partial charge in [-0.25, -0.2) is 5.43 Å². The second-order valence-electron chi connectivity index (χ2n) is 5.96. The van der Waals surface area contributed by atoms with Gasteiger partial charge in [0, 0.05) is 23.2 Å². The van der Waals surface area contributed by atoms with Crippen LogP contribution in [0.5, 0.6) is 11.5 Å². The second-order valence-corrected chi connectivity index (χ2v) is 5.96. The third-order valence-corrected chi connectivity index (χ3v) is 3.80. The highest BCUT2D eigenvalue weighted by Crippen LogP contribution is 2.32. The highest BCUT2D eigenvalue weighted by atomic mass is 16.6. The Kier molecular flexibility index (Phi) is 5.55. The summed E-state index contributed by atoms with van der Waals surface area (Å²) >= 11 is 0. The Morgan fingerprint density at radius 3 is 2.63 bits per heavy atom. The molecule has 0 aromatic heterocycles. The average Bonchev–Trinajstić information content (AvgIpc) is 2.66. The van der Waals surface area contributed by atoms with Crippen LogP contribution in [-0.2, 0) is 4.79 Å². The average molecular weight is 368 g/mol. The van der Waals surface area contributed by atoms with Gasteiger partial charge in [-0.2, -0.15) is 5.10 Å². The number of nitrogens with zero attached hydrogens (tertiary/aromatic N) is 1. The fourth-order valence-electron chi connectivity index (χ4n) is 2.51. The number of rotatable bonds is 5. The molecular formula is C19H20N4O4. The minimum absolute atomic E-state index is 0.0268. The Labute approximate surface area is 156 Å². The molecule has 2 aromatic rings. The summed E-state index contributed by atoms with van der Waals surface area (Å²) in [5.74, 6) is 0.554. The van der Waals surface area contributed by atoms with Gasteiger partial charge in [-0.05, 0) is 31.2 Å². The van der Waals surface area contributed by atoms with E-state index in [1.807, 2.05) is 0 Å². The Morgan fingerprint density at radius 2 is 1.85 bits per heavy atom. The topological polar surface area (TPSA) is 115 Å². The lowest BCUT2D eigenvalue weighted by atomic mass is 10.2. The molecule has 2 aromatic carbocycles. The molecular weight excluding hydrogens is 348 g/mol. The molecule has 0 spiro atoms. The first kappa shape index (κ1) is 18.2. The molecule has 1 aliphatic heterocycles. The minimum atomic E-state index is -0.431. The molecule has 0 saturated carbocycles. The molecule has 0 radical (unpaired) electrons. The monoisotopic (exact) mass is 368 g/mol. The van der Waals surface area contributed by atoms with Crippen molar-refractivity contribution in [1.82, 2.24) is 5.43 Å². The van der Waals surface area contributed by atoms with Crippen molar-refractivity contribution in [2.75, 3.05) is 24.3 Å². The second kappa shape index (κ2) is 8.22. The van der Waals surface area contributed by atoms with Gasteiger partial charge < -0.3 is 20.5 Å². The number of ether oxygens (including phenoxy) is 2. The standard InChI is InChI=1S/C19H20N4O4/c1-12(22-23-19(25)14-4-2-3-5-15(14)20)10-18(24)21-13-6-7-16-17(11-13)27-9-8-26-16/h2-7,11H,8-10,20H2,1H3,(H,21,24)(H,23,25). The lowest BCUT2D eigenvalue weighted by molar-refractivity contribution is -0.115. The first-order chi connectivity index (χ1) is 13.0. The van der Waals surface area contributed by atoms with Crippen molar-refractivity contribution in [3.05, 3.63) is 48.0 Å². The molecule has 8 nitrogen and oxygen atoms in total.